The Labute approximate surface area is 95.9 Å². The fourth-order valence-electron chi connectivity index (χ4n) is 1.44. The largest absolute Gasteiger partial charge is 0.397 e. The molecule has 0 aliphatic heterocycles. The number of nitrogens with two attached hydrogens (primary N) is 1. The fraction of sp³-hybridized carbons (Fsp3) is 0.0833. The van der Waals surface area contributed by atoms with Crippen LogP contribution in [-0.2, 0) is 0 Å². The first-order valence-electron chi connectivity index (χ1n) is 4.86. The van der Waals surface area contributed by atoms with E-state index in [-0.39, 0.29) is 11.3 Å². The van der Waals surface area contributed by atoms with Crippen molar-refractivity contribution in [2.75, 3.05) is 5.73 Å². The molecule has 2 rings (SSSR count). The maximum atomic E-state index is 13.5. The van der Waals surface area contributed by atoms with Crippen molar-refractivity contribution in [2.45, 2.75) is 6.92 Å². The third-order valence-corrected chi connectivity index (χ3v) is 2.46. The smallest absolute Gasteiger partial charge is 0.195 e. The Balaban J connectivity index is 2.61. The standard InChI is InChI=1S/C12H9F3N2/c1-6-4-10(17-5-9(6)16)7-2-3-8(13)12(15)11(7)14/h2-5H,16H2,1H3. The molecule has 2 aromatic rings. The Morgan fingerprint density at radius 1 is 1.12 bits per heavy atom. The topological polar surface area (TPSA) is 38.9 Å². The van der Waals surface area contributed by atoms with Crippen molar-refractivity contribution < 1.29 is 13.2 Å². The summed E-state index contributed by atoms with van der Waals surface area (Å²) in [7, 11) is 0. The van der Waals surface area contributed by atoms with Crippen LogP contribution in [0.25, 0.3) is 11.3 Å². The number of aromatic nitrogens is 1. The SMILES string of the molecule is Cc1cc(-c2ccc(F)c(F)c2F)ncc1N. The Morgan fingerprint density at radius 3 is 2.47 bits per heavy atom. The molecule has 0 saturated carbocycles. The van der Waals surface area contributed by atoms with Crippen molar-refractivity contribution in [3.05, 3.63) is 47.4 Å². The zero-order valence-corrected chi connectivity index (χ0v) is 8.97. The Morgan fingerprint density at radius 2 is 1.82 bits per heavy atom. The second-order valence-corrected chi connectivity index (χ2v) is 3.65. The quantitative estimate of drug-likeness (QED) is 0.775. The Bertz CT molecular complexity index is 582. The highest BCUT2D eigenvalue weighted by Gasteiger charge is 2.15. The molecule has 88 valence electrons. The van der Waals surface area contributed by atoms with Crippen LogP contribution in [0.4, 0.5) is 18.9 Å². The normalized spacial score (nSPS) is 10.6. The van der Waals surface area contributed by atoms with Gasteiger partial charge in [0.15, 0.2) is 17.5 Å². The van der Waals surface area contributed by atoms with Crippen LogP contribution in [-0.4, -0.2) is 4.98 Å². The highest BCUT2D eigenvalue weighted by Crippen LogP contribution is 2.26. The Kier molecular flexibility index (Phi) is 2.75. The maximum Gasteiger partial charge on any atom is 0.195 e. The summed E-state index contributed by atoms with van der Waals surface area (Å²) in [6, 6.07) is 3.53. The van der Waals surface area contributed by atoms with E-state index in [2.05, 4.69) is 4.98 Å². The Hall–Kier alpha value is -2.04. The van der Waals surface area contributed by atoms with E-state index in [9.17, 15) is 13.2 Å². The summed E-state index contributed by atoms with van der Waals surface area (Å²) in [6.45, 7) is 1.72. The predicted molar refractivity (Wildman–Crippen MR) is 58.7 cm³/mol. The highest BCUT2D eigenvalue weighted by atomic mass is 19.2. The third kappa shape index (κ3) is 1.95. The highest BCUT2D eigenvalue weighted by molar-refractivity contribution is 5.63. The minimum atomic E-state index is -1.50. The second kappa shape index (κ2) is 4.08. The average molecular weight is 238 g/mol. The molecule has 1 aromatic carbocycles. The number of nitrogens with zero attached hydrogens (tertiary/aromatic N) is 1. The van der Waals surface area contributed by atoms with E-state index in [1.807, 2.05) is 0 Å². The molecular weight excluding hydrogens is 229 g/mol. The van der Waals surface area contributed by atoms with E-state index in [4.69, 9.17) is 5.73 Å². The molecule has 0 amide bonds. The van der Waals surface area contributed by atoms with Crippen molar-refractivity contribution in [1.82, 2.24) is 4.98 Å². The van der Waals surface area contributed by atoms with Crippen molar-refractivity contribution in [3.63, 3.8) is 0 Å². The number of anilines is 1. The number of rotatable bonds is 1. The van der Waals surface area contributed by atoms with Gasteiger partial charge in [0.1, 0.15) is 0 Å². The summed E-state index contributed by atoms with van der Waals surface area (Å²) in [5.74, 6) is -3.97. The van der Waals surface area contributed by atoms with Crippen LogP contribution in [0.5, 0.6) is 0 Å². The van der Waals surface area contributed by atoms with Gasteiger partial charge in [-0.15, -0.1) is 0 Å². The van der Waals surface area contributed by atoms with E-state index in [0.29, 0.717) is 11.3 Å². The maximum absolute atomic E-state index is 13.5. The van der Waals surface area contributed by atoms with Crippen LogP contribution < -0.4 is 5.73 Å². The number of hydrogen-bond donors (Lipinski definition) is 1. The van der Waals surface area contributed by atoms with Gasteiger partial charge < -0.3 is 5.73 Å². The lowest BCUT2D eigenvalue weighted by Crippen LogP contribution is -1.97. The molecular formula is C12H9F3N2. The van der Waals surface area contributed by atoms with Crippen LogP contribution in [0.3, 0.4) is 0 Å². The third-order valence-electron chi connectivity index (χ3n) is 2.46. The average Bonchev–Trinajstić information content (AvgIpc) is 2.30. The molecule has 0 unspecified atom stereocenters. The van der Waals surface area contributed by atoms with Crippen molar-refractivity contribution >= 4 is 5.69 Å². The summed E-state index contributed by atoms with van der Waals surface area (Å²) in [5.41, 5.74) is 6.84. The first-order valence-corrected chi connectivity index (χ1v) is 4.86. The number of aryl methyl sites for hydroxylation is 1. The van der Waals surface area contributed by atoms with Crippen molar-refractivity contribution in [2.24, 2.45) is 0 Å². The lowest BCUT2D eigenvalue weighted by atomic mass is 10.1. The number of hydrogen-bond acceptors (Lipinski definition) is 2. The predicted octanol–water partition coefficient (Wildman–Crippen LogP) is 3.06. The molecule has 0 spiro atoms. The zero-order valence-electron chi connectivity index (χ0n) is 8.97. The molecule has 0 saturated heterocycles. The second-order valence-electron chi connectivity index (χ2n) is 3.65. The molecule has 2 N–H and O–H groups in total. The van der Waals surface area contributed by atoms with Crippen LogP contribution in [0.15, 0.2) is 24.4 Å². The van der Waals surface area contributed by atoms with Crippen molar-refractivity contribution in [1.29, 1.82) is 0 Å². The van der Waals surface area contributed by atoms with Gasteiger partial charge in [0.2, 0.25) is 0 Å². The van der Waals surface area contributed by atoms with E-state index in [0.717, 1.165) is 12.1 Å². The molecule has 0 aliphatic rings. The van der Waals surface area contributed by atoms with Gasteiger partial charge in [-0.1, -0.05) is 0 Å². The van der Waals surface area contributed by atoms with E-state index < -0.39 is 17.5 Å². The molecule has 1 heterocycles. The molecule has 0 radical (unpaired) electrons. The summed E-state index contributed by atoms with van der Waals surface area (Å²) in [6.07, 6.45) is 1.35. The zero-order chi connectivity index (χ0) is 12.6. The summed E-state index contributed by atoms with van der Waals surface area (Å²) in [5, 5.41) is 0. The molecule has 17 heavy (non-hydrogen) atoms. The van der Waals surface area contributed by atoms with Crippen LogP contribution in [0.2, 0.25) is 0 Å². The van der Waals surface area contributed by atoms with Gasteiger partial charge in [-0.3, -0.25) is 4.98 Å². The monoisotopic (exact) mass is 238 g/mol. The first-order chi connectivity index (χ1) is 8.00. The summed E-state index contributed by atoms with van der Waals surface area (Å²) >= 11 is 0. The lowest BCUT2D eigenvalue weighted by molar-refractivity contribution is 0.449. The van der Waals surface area contributed by atoms with Crippen LogP contribution in [0, 0.1) is 24.4 Å². The molecule has 1 aromatic heterocycles. The molecule has 5 heteroatoms. The van der Waals surface area contributed by atoms with Crippen molar-refractivity contribution in [3.8, 4) is 11.3 Å². The first kappa shape index (κ1) is 11.4. The van der Waals surface area contributed by atoms with Gasteiger partial charge in [0, 0.05) is 5.56 Å². The fourth-order valence-corrected chi connectivity index (χ4v) is 1.44. The molecule has 0 aliphatic carbocycles. The number of nitrogen functional groups attached to an aromatic ring is 1. The molecule has 0 atom stereocenters. The van der Waals surface area contributed by atoms with Gasteiger partial charge in [0.05, 0.1) is 17.6 Å². The molecule has 0 fully saturated rings. The van der Waals surface area contributed by atoms with Gasteiger partial charge in [0.25, 0.3) is 0 Å². The number of halogens is 3. The van der Waals surface area contributed by atoms with E-state index in [1.165, 1.54) is 12.3 Å². The van der Waals surface area contributed by atoms with Crippen LogP contribution >= 0.6 is 0 Å². The van der Waals surface area contributed by atoms with E-state index >= 15 is 0 Å². The van der Waals surface area contributed by atoms with Gasteiger partial charge in [-0.2, -0.15) is 0 Å². The van der Waals surface area contributed by atoms with Gasteiger partial charge >= 0.3 is 0 Å². The molecule has 0 bridgehead atoms. The summed E-state index contributed by atoms with van der Waals surface area (Å²) < 4.78 is 39.3. The molecule has 2 nitrogen and oxygen atoms in total. The minimum Gasteiger partial charge on any atom is -0.397 e. The van der Waals surface area contributed by atoms with Gasteiger partial charge in [-0.25, -0.2) is 13.2 Å². The lowest BCUT2D eigenvalue weighted by Gasteiger charge is -2.06. The van der Waals surface area contributed by atoms with E-state index in [1.54, 1.807) is 6.92 Å². The van der Waals surface area contributed by atoms with Crippen LogP contribution in [0.1, 0.15) is 5.56 Å². The summed E-state index contributed by atoms with van der Waals surface area (Å²) in [4.78, 5) is 3.89. The number of benzene rings is 1. The van der Waals surface area contributed by atoms with Gasteiger partial charge in [-0.05, 0) is 30.7 Å². The minimum absolute atomic E-state index is 0.0907. The number of pyridine rings is 1.